The molecule has 1 aromatic carbocycles. The number of amides is 2. The summed E-state index contributed by atoms with van der Waals surface area (Å²) in [6.07, 6.45) is 0. The second-order valence-electron chi connectivity index (χ2n) is 3.65. The van der Waals surface area contributed by atoms with Crippen LogP contribution in [0.2, 0.25) is 0 Å². The molecule has 1 fully saturated rings. The Labute approximate surface area is 81.3 Å². The fourth-order valence-corrected chi connectivity index (χ4v) is 1.60. The van der Waals surface area contributed by atoms with Crippen LogP contribution < -0.4 is 10.6 Å². The van der Waals surface area contributed by atoms with Crippen molar-refractivity contribution >= 4 is 6.03 Å². The maximum absolute atomic E-state index is 13.0. The van der Waals surface area contributed by atoms with Gasteiger partial charge in [-0.3, -0.25) is 0 Å². The molecule has 1 unspecified atom stereocenters. The molecular weight excluding hydrogens is 183 g/mol. The molecule has 0 bridgehead atoms. The highest BCUT2D eigenvalue weighted by Gasteiger charge is 2.34. The molecule has 74 valence electrons. The quantitative estimate of drug-likeness (QED) is 0.696. The Kier molecular flexibility index (Phi) is 1.91. The third-order valence-corrected chi connectivity index (χ3v) is 2.45. The van der Waals surface area contributed by atoms with Crippen LogP contribution in [0, 0.1) is 5.82 Å². The van der Waals surface area contributed by atoms with E-state index in [4.69, 9.17) is 0 Å². The number of carbonyl (C=O) groups excluding carboxylic acids is 1. The molecule has 2 N–H and O–H groups in total. The summed E-state index contributed by atoms with van der Waals surface area (Å²) in [5.41, 5.74) is 0.273. The highest BCUT2D eigenvalue weighted by molar-refractivity contribution is 5.77. The van der Waals surface area contributed by atoms with E-state index in [9.17, 15) is 9.18 Å². The van der Waals surface area contributed by atoms with E-state index in [0.717, 1.165) is 5.56 Å². The van der Waals surface area contributed by atoms with Gasteiger partial charge in [0.05, 0.1) is 5.54 Å². The number of carbonyl (C=O) groups is 1. The van der Waals surface area contributed by atoms with Crippen LogP contribution in [0.25, 0.3) is 0 Å². The summed E-state index contributed by atoms with van der Waals surface area (Å²) in [5.74, 6) is -0.287. The van der Waals surface area contributed by atoms with Gasteiger partial charge in [-0.1, -0.05) is 12.1 Å². The van der Waals surface area contributed by atoms with E-state index in [0.29, 0.717) is 6.54 Å². The molecule has 0 saturated carbocycles. The highest BCUT2D eigenvalue weighted by Crippen LogP contribution is 2.23. The fourth-order valence-electron chi connectivity index (χ4n) is 1.60. The minimum atomic E-state index is -0.501. The lowest BCUT2D eigenvalue weighted by molar-refractivity contribution is 0.245. The van der Waals surface area contributed by atoms with Crippen molar-refractivity contribution in [3.05, 3.63) is 35.6 Å². The zero-order chi connectivity index (χ0) is 10.2. The first-order valence-electron chi connectivity index (χ1n) is 4.42. The maximum atomic E-state index is 13.0. The van der Waals surface area contributed by atoms with Crippen molar-refractivity contribution in [2.45, 2.75) is 12.5 Å². The SMILES string of the molecule is CC1(c2cccc(F)c2)CNC(=O)N1. The number of rotatable bonds is 1. The van der Waals surface area contributed by atoms with Crippen molar-refractivity contribution in [2.75, 3.05) is 6.54 Å². The molecule has 4 heteroatoms. The number of nitrogens with one attached hydrogen (secondary N) is 2. The van der Waals surface area contributed by atoms with E-state index in [1.54, 1.807) is 12.1 Å². The summed E-state index contributed by atoms with van der Waals surface area (Å²) in [4.78, 5) is 11.0. The Bertz CT molecular complexity index is 380. The Morgan fingerprint density at radius 1 is 1.50 bits per heavy atom. The minimum absolute atomic E-state index is 0.211. The summed E-state index contributed by atoms with van der Waals surface area (Å²) >= 11 is 0. The fraction of sp³-hybridized carbons (Fsp3) is 0.300. The summed E-state index contributed by atoms with van der Waals surface area (Å²) in [5, 5.41) is 5.41. The van der Waals surface area contributed by atoms with Crippen LogP contribution in [0.1, 0.15) is 12.5 Å². The van der Waals surface area contributed by atoms with Crippen LogP contribution in [0.4, 0.5) is 9.18 Å². The number of halogens is 1. The van der Waals surface area contributed by atoms with Crippen molar-refractivity contribution in [3.8, 4) is 0 Å². The van der Waals surface area contributed by atoms with Gasteiger partial charge in [0.2, 0.25) is 0 Å². The van der Waals surface area contributed by atoms with E-state index in [2.05, 4.69) is 10.6 Å². The largest absolute Gasteiger partial charge is 0.335 e. The monoisotopic (exact) mass is 194 g/mol. The van der Waals surface area contributed by atoms with Crippen molar-refractivity contribution in [1.29, 1.82) is 0 Å². The summed E-state index contributed by atoms with van der Waals surface area (Å²) in [6.45, 7) is 2.34. The first-order valence-corrected chi connectivity index (χ1v) is 4.42. The standard InChI is InChI=1S/C10H11FN2O/c1-10(6-12-9(14)13-10)7-3-2-4-8(11)5-7/h2-5H,6H2,1H3,(H2,12,13,14). The zero-order valence-corrected chi connectivity index (χ0v) is 7.80. The van der Waals surface area contributed by atoms with Gasteiger partial charge >= 0.3 is 6.03 Å². The molecule has 0 spiro atoms. The lowest BCUT2D eigenvalue weighted by Gasteiger charge is -2.22. The van der Waals surface area contributed by atoms with Gasteiger partial charge in [-0.2, -0.15) is 0 Å². The van der Waals surface area contributed by atoms with Gasteiger partial charge < -0.3 is 10.6 Å². The third kappa shape index (κ3) is 1.43. The normalized spacial score (nSPS) is 25.7. The predicted molar refractivity (Wildman–Crippen MR) is 50.3 cm³/mol. The van der Waals surface area contributed by atoms with Gasteiger partial charge in [-0.25, -0.2) is 9.18 Å². The first-order chi connectivity index (χ1) is 6.60. The molecule has 2 rings (SSSR count). The Hall–Kier alpha value is -1.58. The molecule has 1 aliphatic rings. The molecule has 1 atom stereocenters. The molecule has 1 aliphatic heterocycles. The van der Waals surface area contributed by atoms with Crippen LogP contribution in [0.15, 0.2) is 24.3 Å². The molecular formula is C10H11FN2O. The molecule has 0 aromatic heterocycles. The van der Waals surface area contributed by atoms with E-state index in [1.807, 2.05) is 6.92 Å². The lowest BCUT2D eigenvalue weighted by atomic mass is 9.93. The Morgan fingerprint density at radius 3 is 2.86 bits per heavy atom. The van der Waals surface area contributed by atoms with Gasteiger partial charge in [0.25, 0.3) is 0 Å². The molecule has 0 aliphatic carbocycles. The Morgan fingerprint density at radius 2 is 2.29 bits per heavy atom. The summed E-state index contributed by atoms with van der Waals surface area (Å²) < 4.78 is 13.0. The van der Waals surface area contributed by atoms with E-state index in [1.165, 1.54) is 12.1 Å². The molecule has 2 amide bonds. The average Bonchev–Trinajstić information content (AvgIpc) is 2.48. The van der Waals surface area contributed by atoms with Crippen LogP contribution in [0.3, 0.4) is 0 Å². The second kappa shape index (κ2) is 2.97. The van der Waals surface area contributed by atoms with Crippen molar-refractivity contribution in [3.63, 3.8) is 0 Å². The molecule has 1 heterocycles. The van der Waals surface area contributed by atoms with Gasteiger partial charge in [-0.15, -0.1) is 0 Å². The van der Waals surface area contributed by atoms with Gasteiger partial charge in [0.1, 0.15) is 5.82 Å². The van der Waals surface area contributed by atoms with Crippen molar-refractivity contribution < 1.29 is 9.18 Å². The average molecular weight is 194 g/mol. The molecule has 3 nitrogen and oxygen atoms in total. The minimum Gasteiger partial charge on any atom is -0.335 e. The topological polar surface area (TPSA) is 41.1 Å². The van der Waals surface area contributed by atoms with Crippen LogP contribution in [-0.4, -0.2) is 12.6 Å². The highest BCUT2D eigenvalue weighted by atomic mass is 19.1. The maximum Gasteiger partial charge on any atom is 0.315 e. The summed E-state index contributed by atoms with van der Waals surface area (Å²) in [6, 6.07) is 6.05. The van der Waals surface area contributed by atoms with E-state index in [-0.39, 0.29) is 11.8 Å². The molecule has 1 saturated heterocycles. The Balaban J connectivity index is 2.34. The van der Waals surface area contributed by atoms with E-state index >= 15 is 0 Å². The number of hydrogen-bond acceptors (Lipinski definition) is 1. The molecule has 0 radical (unpaired) electrons. The van der Waals surface area contributed by atoms with Crippen LogP contribution >= 0.6 is 0 Å². The van der Waals surface area contributed by atoms with Gasteiger partial charge in [-0.05, 0) is 24.6 Å². The van der Waals surface area contributed by atoms with Crippen LogP contribution in [-0.2, 0) is 5.54 Å². The molecule has 14 heavy (non-hydrogen) atoms. The lowest BCUT2D eigenvalue weighted by Crippen LogP contribution is -2.37. The van der Waals surface area contributed by atoms with Crippen molar-refractivity contribution in [2.24, 2.45) is 0 Å². The number of benzene rings is 1. The van der Waals surface area contributed by atoms with Crippen LogP contribution in [0.5, 0.6) is 0 Å². The third-order valence-electron chi connectivity index (χ3n) is 2.45. The predicted octanol–water partition coefficient (Wildman–Crippen LogP) is 1.35. The zero-order valence-electron chi connectivity index (χ0n) is 7.80. The van der Waals surface area contributed by atoms with Gasteiger partial charge in [0.15, 0.2) is 0 Å². The number of urea groups is 1. The second-order valence-corrected chi connectivity index (χ2v) is 3.65. The van der Waals surface area contributed by atoms with Crippen molar-refractivity contribution in [1.82, 2.24) is 10.6 Å². The summed E-state index contributed by atoms with van der Waals surface area (Å²) in [7, 11) is 0. The van der Waals surface area contributed by atoms with E-state index < -0.39 is 5.54 Å². The first kappa shape index (κ1) is 8.99. The number of hydrogen-bond donors (Lipinski definition) is 2. The molecule has 1 aromatic rings. The van der Waals surface area contributed by atoms with Gasteiger partial charge in [0, 0.05) is 6.54 Å². The smallest absolute Gasteiger partial charge is 0.315 e.